The molecule has 0 amide bonds. The highest BCUT2D eigenvalue weighted by molar-refractivity contribution is 5.86. The summed E-state index contributed by atoms with van der Waals surface area (Å²) in [4.78, 5) is 13.2. The van der Waals surface area contributed by atoms with Crippen molar-refractivity contribution in [2.75, 3.05) is 0 Å². The molecule has 0 radical (unpaired) electrons. The lowest BCUT2D eigenvalue weighted by molar-refractivity contribution is -0.384. The van der Waals surface area contributed by atoms with Gasteiger partial charge in [0.1, 0.15) is 0 Å². The number of aliphatic hydroxyl groups is 1. The Labute approximate surface area is 85.5 Å². The number of non-ortho nitro benzene ring substituents is 1. The van der Waals surface area contributed by atoms with Crippen molar-refractivity contribution in [2.45, 2.75) is 13.5 Å². The lowest BCUT2D eigenvalue weighted by Crippen LogP contribution is -1.88. The Kier molecular flexibility index (Phi) is 2.17. The molecule has 2 N–H and O–H groups in total. The van der Waals surface area contributed by atoms with Gasteiger partial charge in [-0.3, -0.25) is 10.1 Å². The predicted molar refractivity (Wildman–Crippen MR) is 55.6 cm³/mol. The molecule has 2 aromatic rings. The summed E-state index contributed by atoms with van der Waals surface area (Å²) in [6.07, 6.45) is 0. The molecule has 1 heterocycles. The Morgan fingerprint density at radius 3 is 2.87 bits per heavy atom. The third kappa shape index (κ3) is 1.46. The summed E-state index contributed by atoms with van der Waals surface area (Å²) in [5.41, 5.74) is 2.40. The first kappa shape index (κ1) is 9.67. The molecule has 2 rings (SSSR count). The van der Waals surface area contributed by atoms with Crippen molar-refractivity contribution in [3.63, 3.8) is 0 Å². The Hall–Kier alpha value is -1.88. The highest BCUT2D eigenvalue weighted by atomic mass is 16.6. The Bertz CT molecular complexity index is 531. The number of aromatic nitrogens is 1. The Morgan fingerprint density at radius 1 is 1.53 bits per heavy atom. The van der Waals surface area contributed by atoms with E-state index in [4.69, 9.17) is 5.11 Å². The number of hydrogen-bond acceptors (Lipinski definition) is 3. The summed E-state index contributed by atoms with van der Waals surface area (Å²) >= 11 is 0. The van der Waals surface area contributed by atoms with E-state index in [0.29, 0.717) is 10.9 Å². The van der Waals surface area contributed by atoms with E-state index in [1.54, 1.807) is 6.07 Å². The van der Waals surface area contributed by atoms with Crippen molar-refractivity contribution in [3.05, 3.63) is 39.6 Å². The fourth-order valence-corrected chi connectivity index (χ4v) is 1.69. The predicted octanol–water partition coefficient (Wildman–Crippen LogP) is 1.88. The van der Waals surface area contributed by atoms with E-state index >= 15 is 0 Å². The standard InChI is InChI=1S/C10H10N2O3/c1-6-9(5-13)8-4-7(12(14)15)2-3-10(8)11-6/h2-4,11,13H,5H2,1H3. The number of hydrogen-bond donors (Lipinski definition) is 2. The molecule has 0 aliphatic carbocycles. The maximum Gasteiger partial charge on any atom is 0.270 e. The lowest BCUT2D eigenvalue weighted by atomic mass is 10.1. The topological polar surface area (TPSA) is 79.2 Å². The summed E-state index contributed by atoms with van der Waals surface area (Å²) in [5.74, 6) is 0. The van der Waals surface area contributed by atoms with Crippen molar-refractivity contribution in [3.8, 4) is 0 Å². The number of nitrogens with zero attached hydrogens (tertiary/aromatic N) is 1. The maximum absolute atomic E-state index is 10.6. The highest BCUT2D eigenvalue weighted by Gasteiger charge is 2.12. The van der Waals surface area contributed by atoms with Gasteiger partial charge in [-0.05, 0) is 13.0 Å². The number of H-pyrrole nitrogens is 1. The third-order valence-corrected chi connectivity index (χ3v) is 2.47. The lowest BCUT2D eigenvalue weighted by Gasteiger charge is -1.95. The van der Waals surface area contributed by atoms with Gasteiger partial charge in [0, 0.05) is 34.3 Å². The van der Waals surface area contributed by atoms with Crippen LogP contribution in [0, 0.1) is 17.0 Å². The van der Waals surface area contributed by atoms with Crippen molar-refractivity contribution < 1.29 is 10.0 Å². The molecule has 0 unspecified atom stereocenters. The van der Waals surface area contributed by atoms with Gasteiger partial charge >= 0.3 is 0 Å². The fourth-order valence-electron chi connectivity index (χ4n) is 1.69. The minimum atomic E-state index is -0.442. The first-order valence-electron chi connectivity index (χ1n) is 4.50. The zero-order valence-electron chi connectivity index (χ0n) is 8.15. The van der Waals surface area contributed by atoms with Crippen LogP contribution in [0.25, 0.3) is 10.9 Å². The average Bonchev–Trinajstić information content (AvgIpc) is 2.51. The summed E-state index contributed by atoms with van der Waals surface area (Å²) in [6, 6.07) is 4.57. The molecular weight excluding hydrogens is 196 g/mol. The number of nitrogens with one attached hydrogen (secondary N) is 1. The molecule has 78 valence electrons. The summed E-state index contributed by atoms with van der Waals surface area (Å²) in [6.45, 7) is 1.71. The highest BCUT2D eigenvalue weighted by Crippen LogP contribution is 2.26. The third-order valence-electron chi connectivity index (χ3n) is 2.47. The van der Waals surface area contributed by atoms with E-state index < -0.39 is 4.92 Å². The molecule has 0 aliphatic rings. The van der Waals surface area contributed by atoms with Crippen LogP contribution >= 0.6 is 0 Å². The van der Waals surface area contributed by atoms with E-state index in [9.17, 15) is 10.1 Å². The van der Waals surface area contributed by atoms with E-state index in [1.165, 1.54) is 12.1 Å². The van der Waals surface area contributed by atoms with E-state index in [0.717, 1.165) is 11.2 Å². The maximum atomic E-state index is 10.6. The van der Waals surface area contributed by atoms with Crippen molar-refractivity contribution in [2.24, 2.45) is 0 Å². The molecule has 0 spiro atoms. The number of benzene rings is 1. The van der Waals surface area contributed by atoms with Crippen LogP contribution in [0.2, 0.25) is 0 Å². The SMILES string of the molecule is Cc1[nH]c2ccc([N+](=O)[O-])cc2c1CO. The quantitative estimate of drug-likeness (QED) is 0.581. The molecule has 5 heteroatoms. The number of aliphatic hydroxyl groups excluding tert-OH is 1. The molecule has 0 saturated carbocycles. The molecule has 15 heavy (non-hydrogen) atoms. The van der Waals surface area contributed by atoms with Crippen LogP contribution in [-0.2, 0) is 6.61 Å². The van der Waals surface area contributed by atoms with E-state index in [2.05, 4.69) is 4.98 Å². The fraction of sp³-hybridized carbons (Fsp3) is 0.200. The molecule has 1 aromatic heterocycles. The molecule has 1 aromatic carbocycles. The van der Waals surface area contributed by atoms with Gasteiger partial charge in [-0.1, -0.05) is 0 Å². The smallest absolute Gasteiger partial charge is 0.270 e. The monoisotopic (exact) mass is 206 g/mol. The van der Waals surface area contributed by atoms with Gasteiger partial charge < -0.3 is 10.1 Å². The Balaban J connectivity index is 2.73. The average molecular weight is 206 g/mol. The summed E-state index contributed by atoms with van der Waals surface area (Å²) in [5, 5.41) is 20.4. The molecule has 0 saturated heterocycles. The first-order chi connectivity index (χ1) is 7.13. The van der Waals surface area contributed by atoms with Crippen LogP contribution < -0.4 is 0 Å². The normalized spacial score (nSPS) is 10.8. The molecule has 0 atom stereocenters. The zero-order chi connectivity index (χ0) is 11.0. The van der Waals surface area contributed by atoms with Crippen LogP contribution in [0.3, 0.4) is 0 Å². The number of fused-ring (bicyclic) bond motifs is 1. The molecular formula is C10H10N2O3. The number of rotatable bonds is 2. The van der Waals surface area contributed by atoms with Crippen molar-refractivity contribution in [1.82, 2.24) is 4.98 Å². The van der Waals surface area contributed by atoms with Gasteiger partial charge in [-0.2, -0.15) is 0 Å². The number of aryl methyl sites for hydroxylation is 1. The van der Waals surface area contributed by atoms with Crippen LogP contribution in [0.15, 0.2) is 18.2 Å². The van der Waals surface area contributed by atoms with Crippen LogP contribution in [0.5, 0.6) is 0 Å². The first-order valence-corrected chi connectivity index (χ1v) is 4.50. The number of nitro groups is 1. The van der Waals surface area contributed by atoms with Gasteiger partial charge in [0.15, 0.2) is 0 Å². The van der Waals surface area contributed by atoms with Gasteiger partial charge in [0.25, 0.3) is 5.69 Å². The van der Waals surface area contributed by atoms with E-state index in [1.807, 2.05) is 6.92 Å². The van der Waals surface area contributed by atoms with Crippen LogP contribution in [0.4, 0.5) is 5.69 Å². The molecule has 0 aliphatic heterocycles. The van der Waals surface area contributed by atoms with Crippen molar-refractivity contribution in [1.29, 1.82) is 0 Å². The second kappa shape index (κ2) is 3.36. The van der Waals surface area contributed by atoms with Crippen molar-refractivity contribution >= 4 is 16.6 Å². The molecule has 0 fully saturated rings. The van der Waals surface area contributed by atoms with Gasteiger partial charge in [0.05, 0.1) is 11.5 Å². The van der Waals surface area contributed by atoms with Gasteiger partial charge in [0.2, 0.25) is 0 Å². The van der Waals surface area contributed by atoms with Crippen LogP contribution in [0.1, 0.15) is 11.3 Å². The summed E-state index contributed by atoms with van der Waals surface area (Å²) < 4.78 is 0. The largest absolute Gasteiger partial charge is 0.392 e. The van der Waals surface area contributed by atoms with Crippen LogP contribution in [-0.4, -0.2) is 15.0 Å². The van der Waals surface area contributed by atoms with Gasteiger partial charge in [-0.15, -0.1) is 0 Å². The number of nitro benzene ring substituents is 1. The zero-order valence-corrected chi connectivity index (χ0v) is 8.15. The van der Waals surface area contributed by atoms with Gasteiger partial charge in [-0.25, -0.2) is 0 Å². The number of aromatic amines is 1. The van der Waals surface area contributed by atoms with E-state index in [-0.39, 0.29) is 12.3 Å². The molecule has 0 bridgehead atoms. The second-order valence-corrected chi connectivity index (χ2v) is 3.37. The minimum Gasteiger partial charge on any atom is -0.392 e. The summed E-state index contributed by atoms with van der Waals surface area (Å²) in [7, 11) is 0. The molecule has 5 nitrogen and oxygen atoms in total. The minimum absolute atomic E-state index is 0.0381. The second-order valence-electron chi connectivity index (χ2n) is 3.37. The Morgan fingerprint density at radius 2 is 2.27 bits per heavy atom.